The van der Waals surface area contributed by atoms with E-state index >= 15 is 0 Å². The molecule has 2 aliphatic heterocycles. The predicted octanol–water partition coefficient (Wildman–Crippen LogP) is 0.0222. The minimum absolute atomic E-state index is 0.00968. The number of imidazole rings is 1. The maximum atomic E-state index is 12.2. The number of hydrogen-bond donors (Lipinski definition) is 3. The van der Waals surface area contributed by atoms with Crippen LogP contribution in [-0.4, -0.2) is 39.5 Å². The predicted molar refractivity (Wildman–Crippen MR) is 90.8 cm³/mol. The summed E-state index contributed by atoms with van der Waals surface area (Å²) in [6.07, 6.45) is 8.54. The van der Waals surface area contributed by atoms with Gasteiger partial charge in [-0.2, -0.15) is 10.2 Å². The van der Waals surface area contributed by atoms with Gasteiger partial charge in [0.2, 0.25) is 11.8 Å². The highest BCUT2D eigenvalue weighted by Gasteiger charge is 2.38. The summed E-state index contributed by atoms with van der Waals surface area (Å²) >= 11 is 0. The molecule has 1 aromatic heterocycles. The van der Waals surface area contributed by atoms with Gasteiger partial charge < -0.3 is 20.9 Å². The largest absolute Gasteiger partial charge is 0.364 e. The number of hydrogen-bond acceptors (Lipinski definition) is 6. The Morgan fingerprint density at radius 1 is 1.46 bits per heavy atom. The number of carbonyl (C=O) groups excluding carboxylic acids is 3. The molecule has 0 spiro atoms. The first-order chi connectivity index (χ1) is 12.4. The van der Waals surface area contributed by atoms with Gasteiger partial charge in [-0.3, -0.25) is 14.4 Å². The Morgan fingerprint density at radius 3 is 2.88 bits per heavy atom. The Kier molecular flexibility index (Phi) is 4.71. The Balaban J connectivity index is 1.48. The fourth-order valence-corrected chi connectivity index (χ4v) is 2.89. The average Bonchev–Trinajstić information content (AvgIpc) is 3.24. The molecular formula is C16H19N7O3. The summed E-state index contributed by atoms with van der Waals surface area (Å²) in [5.41, 5.74) is 4.78. The monoisotopic (exact) mass is 357 g/mol. The van der Waals surface area contributed by atoms with Crippen LogP contribution in [0.5, 0.6) is 0 Å². The molecule has 4 N–H and O–H groups in total. The fourth-order valence-electron chi connectivity index (χ4n) is 2.89. The van der Waals surface area contributed by atoms with Gasteiger partial charge in [0.25, 0.3) is 5.91 Å². The third kappa shape index (κ3) is 3.72. The van der Waals surface area contributed by atoms with Gasteiger partial charge in [0, 0.05) is 38.8 Å². The summed E-state index contributed by atoms with van der Waals surface area (Å²) in [7, 11) is 0. The maximum Gasteiger partial charge on any atom is 0.271 e. The molecule has 10 heteroatoms. The molecular weight excluding hydrogens is 338 g/mol. The molecule has 3 rings (SSSR count). The molecule has 1 aromatic rings. The van der Waals surface area contributed by atoms with Crippen molar-refractivity contribution in [3.63, 3.8) is 0 Å². The standard InChI is InChI=1S/C16H19N7O3/c1-2-3-4-16(21-22-16)5-6-18-11(24)7-10-8-23-9-19-12(13(17)25)14(23)20-15(10)26/h1,9-10H,3-8H2,(H2,17,25)(H,18,24)(H,20,26). The van der Waals surface area contributed by atoms with Crippen molar-refractivity contribution in [1.82, 2.24) is 14.9 Å². The lowest BCUT2D eigenvalue weighted by atomic mass is 10.0. The van der Waals surface area contributed by atoms with E-state index in [4.69, 9.17) is 12.2 Å². The number of fused-ring (bicyclic) bond motifs is 1. The van der Waals surface area contributed by atoms with Crippen LogP contribution in [0, 0.1) is 18.3 Å². The fraction of sp³-hybridized carbons (Fsp3) is 0.500. The summed E-state index contributed by atoms with van der Waals surface area (Å²) in [5, 5.41) is 13.4. The quantitative estimate of drug-likeness (QED) is 0.563. The highest BCUT2D eigenvalue weighted by Crippen LogP contribution is 2.36. The first kappa shape index (κ1) is 17.6. The van der Waals surface area contributed by atoms with Gasteiger partial charge in [0.05, 0.1) is 12.2 Å². The Morgan fingerprint density at radius 2 is 2.23 bits per heavy atom. The molecule has 2 aliphatic rings. The zero-order chi connectivity index (χ0) is 18.7. The van der Waals surface area contributed by atoms with E-state index in [1.165, 1.54) is 6.33 Å². The van der Waals surface area contributed by atoms with Crippen LogP contribution in [0.4, 0.5) is 5.82 Å². The van der Waals surface area contributed by atoms with E-state index in [0.29, 0.717) is 25.8 Å². The highest BCUT2D eigenvalue weighted by molar-refractivity contribution is 6.02. The Bertz CT molecular complexity index is 814. The molecule has 26 heavy (non-hydrogen) atoms. The number of primary amides is 1. The lowest BCUT2D eigenvalue weighted by molar-refractivity contribution is -0.128. The molecule has 0 saturated heterocycles. The number of nitrogens with two attached hydrogens (primary N) is 1. The molecule has 0 fully saturated rings. The second-order valence-electron chi connectivity index (χ2n) is 6.34. The summed E-state index contributed by atoms with van der Waals surface area (Å²) in [4.78, 5) is 39.5. The topological polar surface area (TPSA) is 144 Å². The van der Waals surface area contributed by atoms with E-state index in [1.54, 1.807) is 4.57 Å². The second kappa shape index (κ2) is 6.95. The van der Waals surface area contributed by atoms with Gasteiger partial charge in [-0.25, -0.2) is 4.98 Å². The van der Waals surface area contributed by atoms with E-state index in [2.05, 4.69) is 31.8 Å². The summed E-state index contributed by atoms with van der Waals surface area (Å²) in [6, 6.07) is 0. The third-order valence-electron chi connectivity index (χ3n) is 4.43. The van der Waals surface area contributed by atoms with Crippen molar-refractivity contribution in [3.8, 4) is 12.3 Å². The molecule has 0 aromatic carbocycles. The normalized spacial score (nSPS) is 19.2. The van der Waals surface area contributed by atoms with Crippen molar-refractivity contribution in [2.75, 3.05) is 11.9 Å². The number of rotatable bonds is 8. The first-order valence-electron chi connectivity index (χ1n) is 8.24. The number of nitrogens with one attached hydrogen (secondary N) is 2. The molecule has 1 atom stereocenters. The van der Waals surface area contributed by atoms with Crippen molar-refractivity contribution >= 4 is 23.5 Å². The zero-order valence-corrected chi connectivity index (χ0v) is 14.1. The molecule has 3 heterocycles. The lowest BCUT2D eigenvalue weighted by Crippen LogP contribution is -2.38. The number of carbonyl (C=O) groups is 3. The van der Waals surface area contributed by atoms with Crippen LogP contribution in [0.3, 0.4) is 0 Å². The Hall–Kier alpha value is -3.22. The highest BCUT2D eigenvalue weighted by atomic mass is 16.2. The van der Waals surface area contributed by atoms with Gasteiger partial charge in [0.15, 0.2) is 11.4 Å². The van der Waals surface area contributed by atoms with Crippen LogP contribution in [0.2, 0.25) is 0 Å². The molecule has 1 unspecified atom stereocenters. The Labute approximate surface area is 149 Å². The third-order valence-corrected chi connectivity index (χ3v) is 4.43. The van der Waals surface area contributed by atoms with Crippen LogP contribution >= 0.6 is 0 Å². The van der Waals surface area contributed by atoms with Crippen LogP contribution < -0.4 is 16.4 Å². The van der Waals surface area contributed by atoms with Crippen LogP contribution in [0.15, 0.2) is 16.6 Å². The van der Waals surface area contributed by atoms with Gasteiger partial charge in [-0.05, 0) is 0 Å². The summed E-state index contributed by atoms with van der Waals surface area (Å²) in [6.45, 7) is 0.665. The number of amides is 3. The second-order valence-corrected chi connectivity index (χ2v) is 6.34. The SMILES string of the molecule is C#CCCC1(CCNC(=O)CC2Cn3cnc(C(N)=O)c3NC2=O)N=N1. The van der Waals surface area contributed by atoms with Gasteiger partial charge in [-0.15, -0.1) is 12.3 Å². The molecule has 0 bridgehead atoms. The van der Waals surface area contributed by atoms with Crippen molar-refractivity contribution in [3.05, 3.63) is 12.0 Å². The van der Waals surface area contributed by atoms with Crippen LogP contribution in [-0.2, 0) is 16.1 Å². The van der Waals surface area contributed by atoms with E-state index in [1.807, 2.05) is 0 Å². The first-order valence-corrected chi connectivity index (χ1v) is 8.24. The van der Waals surface area contributed by atoms with Gasteiger partial charge >= 0.3 is 0 Å². The number of aromatic nitrogens is 2. The number of anilines is 1. The van der Waals surface area contributed by atoms with E-state index in [0.717, 1.165) is 0 Å². The van der Waals surface area contributed by atoms with E-state index in [9.17, 15) is 14.4 Å². The summed E-state index contributed by atoms with van der Waals surface area (Å²) in [5.74, 6) is 0.972. The van der Waals surface area contributed by atoms with Gasteiger partial charge in [-0.1, -0.05) is 0 Å². The summed E-state index contributed by atoms with van der Waals surface area (Å²) < 4.78 is 1.61. The van der Waals surface area contributed by atoms with Crippen molar-refractivity contribution in [2.45, 2.75) is 37.9 Å². The molecule has 0 aliphatic carbocycles. The average molecular weight is 357 g/mol. The minimum Gasteiger partial charge on any atom is -0.364 e. The number of nitrogens with zero attached hydrogens (tertiary/aromatic N) is 4. The van der Waals surface area contributed by atoms with E-state index < -0.39 is 17.5 Å². The lowest BCUT2D eigenvalue weighted by Gasteiger charge is -2.24. The molecule has 0 radical (unpaired) electrons. The molecule has 0 saturated carbocycles. The number of terminal acetylenes is 1. The zero-order valence-electron chi connectivity index (χ0n) is 14.1. The van der Waals surface area contributed by atoms with Gasteiger partial charge in [0.1, 0.15) is 5.82 Å². The van der Waals surface area contributed by atoms with Crippen molar-refractivity contribution < 1.29 is 14.4 Å². The van der Waals surface area contributed by atoms with Crippen LogP contribution in [0.25, 0.3) is 0 Å². The minimum atomic E-state index is -0.718. The smallest absolute Gasteiger partial charge is 0.271 e. The van der Waals surface area contributed by atoms with Crippen molar-refractivity contribution in [2.24, 2.45) is 21.9 Å². The maximum absolute atomic E-state index is 12.2. The molecule has 10 nitrogen and oxygen atoms in total. The molecule has 136 valence electrons. The van der Waals surface area contributed by atoms with Crippen LogP contribution in [0.1, 0.15) is 36.2 Å². The van der Waals surface area contributed by atoms with Crippen molar-refractivity contribution in [1.29, 1.82) is 0 Å². The molecule has 3 amide bonds. The van der Waals surface area contributed by atoms with E-state index in [-0.39, 0.29) is 36.3 Å².